The van der Waals surface area contributed by atoms with Crippen LogP contribution in [0.15, 0.2) is 12.4 Å². The number of imidazole rings is 1. The molecule has 0 spiro atoms. The zero-order chi connectivity index (χ0) is 15.0. The molecule has 0 aromatic carbocycles. The Kier molecular flexibility index (Phi) is 3.88. The van der Waals surface area contributed by atoms with Crippen LogP contribution < -0.4 is 5.73 Å². The SMILES string of the molecule is CC(C)c1nc(-c2cnn(C(C)C)c2)c(N)n1C(C)C. The van der Waals surface area contributed by atoms with E-state index in [1.54, 1.807) is 0 Å². The molecule has 0 saturated carbocycles. The van der Waals surface area contributed by atoms with Gasteiger partial charge in [-0.3, -0.25) is 4.68 Å². The zero-order valence-electron chi connectivity index (χ0n) is 13.3. The lowest BCUT2D eigenvalue weighted by Gasteiger charge is -2.15. The Bertz CT molecular complexity index is 589. The van der Waals surface area contributed by atoms with Gasteiger partial charge in [0, 0.05) is 29.8 Å². The van der Waals surface area contributed by atoms with Crippen LogP contribution in [0.1, 0.15) is 65.4 Å². The van der Waals surface area contributed by atoms with E-state index in [4.69, 9.17) is 10.7 Å². The third kappa shape index (κ3) is 2.44. The number of nitrogen functional groups attached to an aromatic ring is 1. The molecule has 0 aliphatic heterocycles. The van der Waals surface area contributed by atoms with Crippen LogP contribution >= 0.6 is 0 Å². The van der Waals surface area contributed by atoms with Gasteiger partial charge in [-0.15, -0.1) is 0 Å². The Balaban J connectivity index is 2.54. The minimum Gasteiger partial charge on any atom is -0.383 e. The lowest BCUT2D eigenvalue weighted by Crippen LogP contribution is -2.10. The number of rotatable bonds is 4. The molecule has 2 rings (SSSR count). The van der Waals surface area contributed by atoms with E-state index >= 15 is 0 Å². The van der Waals surface area contributed by atoms with Crippen LogP contribution in [0.25, 0.3) is 11.3 Å². The predicted molar refractivity (Wildman–Crippen MR) is 82.7 cm³/mol. The highest BCUT2D eigenvalue weighted by molar-refractivity contribution is 5.70. The summed E-state index contributed by atoms with van der Waals surface area (Å²) in [5.74, 6) is 2.10. The van der Waals surface area contributed by atoms with E-state index in [1.807, 2.05) is 17.1 Å². The molecule has 20 heavy (non-hydrogen) atoms. The quantitative estimate of drug-likeness (QED) is 0.927. The summed E-state index contributed by atoms with van der Waals surface area (Å²) in [5, 5.41) is 4.37. The van der Waals surface area contributed by atoms with Crippen molar-refractivity contribution >= 4 is 5.82 Å². The largest absolute Gasteiger partial charge is 0.383 e. The van der Waals surface area contributed by atoms with E-state index in [0.29, 0.717) is 18.0 Å². The molecular formula is C15H25N5. The number of aromatic nitrogens is 4. The van der Waals surface area contributed by atoms with Crippen molar-refractivity contribution in [2.45, 2.75) is 59.5 Å². The summed E-state index contributed by atoms with van der Waals surface area (Å²) in [5.41, 5.74) is 8.15. The molecule has 0 bridgehead atoms. The van der Waals surface area contributed by atoms with E-state index in [2.05, 4.69) is 51.2 Å². The van der Waals surface area contributed by atoms with Crippen molar-refractivity contribution in [2.75, 3.05) is 5.73 Å². The fourth-order valence-corrected chi connectivity index (χ4v) is 2.37. The zero-order valence-corrected chi connectivity index (χ0v) is 13.3. The molecule has 0 fully saturated rings. The first-order valence-electron chi connectivity index (χ1n) is 7.25. The van der Waals surface area contributed by atoms with Gasteiger partial charge in [0.05, 0.1) is 6.20 Å². The van der Waals surface area contributed by atoms with E-state index in [1.165, 1.54) is 0 Å². The Morgan fingerprint density at radius 3 is 2.10 bits per heavy atom. The van der Waals surface area contributed by atoms with Crippen LogP contribution in [0.5, 0.6) is 0 Å². The fraction of sp³-hybridized carbons (Fsp3) is 0.600. The molecule has 0 aliphatic carbocycles. The number of hydrogen-bond donors (Lipinski definition) is 1. The molecular weight excluding hydrogens is 250 g/mol. The van der Waals surface area contributed by atoms with Gasteiger partial charge in [-0.25, -0.2) is 4.98 Å². The van der Waals surface area contributed by atoms with Crippen molar-refractivity contribution in [3.05, 3.63) is 18.2 Å². The number of anilines is 1. The van der Waals surface area contributed by atoms with E-state index in [0.717, 1.165) is 22.9 Å². The van der Waals surface area contributed by atoms with Crippen LogP contribution in [-0.4, -0.2) is 19.3 Å². The molecule has 2 aromatic rings. The standard InChI is InChI=1S/C15H25N5/c1-9(2)15-18-13(14(16)20(15)11(5)6)12-7-17-19(8-12)10(3)4/h7-11H,16H2,1-6H3. The summed E-state index contributed by atoms with van der Waals surface area (Å²) in [7, 11) is 0. The second-order valence-corrected chi connectivity index (χ2v) is 6.13. The second kappa shape index (κ2) is 5.31. The first-order valence-corrected chi connectivity index (χ1v) is 7.25. The second-order valence-electron chi connectivity index (χ2n) is 6.13. The minimum atomic E-state index is 0.300. The highest BCUT2D eigenvalue weighted by Crippen LogP contribution is 2.32. The predicted octanol–water partition coefficient (Wildman–Crippen LogP) is 3.61. The molecule has 2 N–H and O–H groups in total. The number of hydrogen-bond acceptors (Lipinski definition) is 3. The summed E-state index contributed by atoms with van der Waals surface area (Å²) in [6.45, 7) is 12.7. The lowest BCUT2D eigenvalue weighted by atomic mass is 10.2. The van der Waals surface area contributed by atoms with E-state index in [9.17, 15) is 0 Å². The number of nitrogens with two attached hydrogens (primary N) is 1. The van der Waals surface area contributed by atoms with Gasteiger partial charge < -0.3 is 10.3 Å². The van der Waals surface area contributed by atoms with Gasteiger partial charge in [0.25, 0.3) is 0 Å². The van der Waals surface area contributed by atoms with Crippen LogP contribution in [0.2, 0.25) is 0 Å². The van der Waals surface area contributed by atoms with Crippen molar-refractivity contribution in [3.8, 4) is 11.3 Å². The molecule has 0 atom stereocenters. The molecule has 110 valence electrons. The highest BCUT2D eigenvalue weighted by Gasteiger charge is 2.21. The maximum atomic E-state index is 6.32. The van der Waals surface area contributed by atoms with Crippen LogP contribution in [0.4, 0.5) is 5.82 Å². The summed E-state index contributed by atoms with van der Waals surface area (Å²) >= 11 is 0. The van der Waals surface area contributed by atoms with Crippen molar-refractivity contribution in [1.82, 2.24) is 19.3 Å². The maximum absolute atomic E-state index is 6.32. The maximum Gasteiger partial charge on any atom is 0.132 e. The lowest BCUT2D eigenvalue weighted by molar-refractivity contribution is 0.532. The van der Waals surface area contributed by atoms with Gasteiger partial charge in [0.15, 0.2) is 0 Å². The van der Waals surface area contributed by atoms with Crippen molar-refractivity contribution in [2.24, 2.45) is 0 Å². The van der Waals surface area contributed by atoms with Crippen LogP contribution in [-0.2, 0) is 0 Å². The number of nitrogens with zero attached hydrogens (tertiary/aromatic N) is 4. The first-order chi connectivity index (χ1) is 9.32. The normalized spacial score (nSPS) is 12.1. The van der Waals surface area contributed by atoms with Gasteiger partial charge in [0.1, 0.15) is 17.3 Å². The third-order valence-electron chi connectivity index (χ3n) is 3.41. The first kappa shape index (κ1) is 14.6. The Labute approximate surface area is 120 Å². The van der Waals surface area contributed by atoms with E-state index in [-0.39, 0.29) is 0 Å². The van der Waals surface area contributed by atoms with Gasteiger partial charge in [-0.1, -0.05) is 13.8 Å². The molecule has 0 radical (unpaired) electrons. The molecule has 2 aromatic heterocycles. The monoisotopic (exact) mass is 275 g/mol. The molecule has 0 saturated heterocycles. The average Bonchev–Trinajstić information content (AvgIpc) is 2.92. The van der Waals surface area contributed by atoms with Crippen molar-refractivity contribution in [3.63, 3.8) is 0 Å². The van der Waals surface area contributed by atoms with Gasteiger partial charge in [-0.2, -0.15) is 5.10 Å². The Morgan fingerprint density at radius 2 is 1.70 bits per heavy atom. The molecule has 2 heterocycles. The minimum absolute atomic E-state index is 0.300. The van der Waals surface area contributed by atoms with Gasteiger partial charge in [-0.05, 0) is 27.7 Å². The van der Waals surface area contributed by atoms with Gasteiger partial charge in [0.2, 0.25) is 0 Å². The fourth-order valence-electron chi connectivity index (χ4n) is 2.37. The Morgan fingerprint density at radius 1 is 1.05 bits per heavy atom. The third-order valence-corrected chi connectivity index (χ3v) is 3.41. The topological polar surface area (TPSA) is 61.7 Å². The summed E-state index contributed by atoms with van der Waals surface area (Å²) < 4.78 is 4.05. The molecule has 0 aliphatic rings. The Hall–Kier alpha value is -1.78. The average molecular weight is 275 g/mol. The van der Waals surface area contributed by atoms with Gasteiger partial charge >= 0.3 is 0 Å². The van der Waals surface area contributed by atoms with Crippen LogP contribution in [0, 0.1) is 0 Å². The van der Waals surface area contributed by atoms with E-state index < -0.39 is 0 Å². The van der Waals surface area contributed by atoms with Crippen LogP contribution in [0.3, 0.4) is 0 Å². The molecule has 0 unspecified atom stereocenters. The molecule has 0 amide bonds. The molecule has 5 nitrogen and oxygen atoms in total. The molecule has 5 heteroatoms. The smallest absolute Gasteiger partial charge is 0.132 e. The summed E-state index contributed by atoms with van der Waals surface area (Å²) in [6.07, 6.45) is 3.85. The summed E-state index contributed by atoms with van der Waals surface area (Å²) in [4.78, 5) is 4.76. The summed E-state index contributed by atoms with van der Waals surface area (Å²) in [6, 6.07) is 0.635. The highest BCUT2D eigenvalue weighted by atomic mass is 15.3. The van der Waals surface area contributed by atoms with Crippen molar-refractivity contribution in [1.29, 1.82) is 0 Å². The van der Waals surface area contributed by atoms with Crippen molar-refractivity contribution < 1.29 is 0 Å².